The van der Waals surface area contributed by atoms with Crippen molar-refractivity contribution >= 4 is 34.8 Å². The number of anilines is 3. The minimum absolute atomic E-state index is 0.231. The highest BCUT2D eigenvalue weighted by Gasteiger charge is 2.12. The van der Waals surface area contributed by atoms with Crippen molar-refractivity contribution in [1.82, 2.24) is 9.97 Å². The molecule has 134 valence electrons. The van der Waals surface area contributed by atoms with Crippen molar-refractivity contribution in [3.8, 4) is 6.07 Å². The Labute approximate surface area is 161 Å². The Balaban J connectivity index is 1.82. The van der Waals surface area contributed by atoms with Gasteiger partial charge in [0.15, 0.2) is 0 Å². The number of halogens is 1. The molecule has 1 aromatic heterocycles. The number of carbonyl (C=O) groups excluding carboxylic acids is 1. The number of nitrogens with one attached hydrogen (secondary N) is 2. The predicted molar refractivity (Wildman–Crippen MR) is 105 cm³/mol. The lowest BCUT2D eigenvalue weighted by atomic mass is 10.2. The topological polar surface area (TPSA) is 90.7 Å². The number of rotatable bonds is 4. The molecule has 0 saturated carbocycles. The molecule has 0 aliphatic carbocycles. The van der Waals surface area contributed by atoms with Crippen LogP contribution in [0.5, 0.6) is 0 Å². The highest BCUT2D eigenvalue weighted by molar-refractivity contribution is 6.30. The van der Waals surface area contributed by atoms with Crippen molar-refractivity contribution in [3.63, 3.8) is 0 Å². The molecule has 0 atom stereocenters. The number of nitrogens with zero attached hydrogens (tertiary/aromatic N) is 3. The quantitative estimate of drug-likeness (QED) is 0.692. The fraction of sp³-hybridized carbons (Fsp3) is 0.100. The third-order valence-corrected chi connectivity index (χ3v) is 4.04. The van der Waals surface area contributed by atoms with Gasteiger partial charge in [-0.1, -0.05) is 17.7 Å². The van der Waals surface area contributed by atoms with Gasteiger partial charge in [-0.3, -0.25) is 4.79 Å². The highest BCUT2D eigenvalue weighted by atomic mass is 35.5. The molecule has 0 spiro atoms. The molecule has 1 heterocycles. The smallest absolute Gasteiger partial charge is 0.274 e. The van der Waals surface area contributed by atoms with Gasteiger partial charge < -0.3 is 10.6 Å². The van der Waals surface area contributed by atoms with Gasteiger partial charge in [0.05, 0.1) is 11.6 Å². The maximum Gasteiger partial charge on any atom is 0.274 e. The molecule has 0 bridgehead atoms. The SMILES string of the molecule is Cc1cc(C(=O)Nc2ccc(C#N)cc2)nc(Nc2cc(Cl)ccc2C)n1. The summed E-state index contributed by atoms with van der Waals surface area (Å²) >= 11 is 6.04. The number of benzene rings is 2. The third-order valence-electron chi connectivity index (χ3n) is 3.80. The molecule has 0 aliphatic heterocycles. The Hall–Kier alpha value is -3.43. The minimum atomic E-state index is -0.365. The number of aryl methyl sites for hydroxylation is 2. The molecule has 3 aromatic rings. The van der Waals surface area contributed by atoms with Gasteiger partial charge in [0, 0.05) is 22.1 Å². The van der Waals surface area contributed by atoms with E-state index in [1.807, 2.05) is 19.1 Å². The molecule has 2 aromatic carbocycles. The van der Waals surface area contributed by atoms with Gasteiger partial charge in [-0.2, -0.15) is 5.26 Å². The first-order valence-corrected chi connectivity index (χ1v) is 8.53. The fourth-order valence-electron chi connectivity index (χ4n) is 2.41. The monoisotopic (exact) mass is 377 g/mol. The second kappa shape index (κ2) is 7.85. The van der Waals surface area contributed by atoms with Gasteiger partial charge in [-0.05, 0) is 61.9 Å². The molecule has 1 amide bonds. The number of hydrogen-bond donors (Lipinski definition) is 2. The second-order valence-corrected chi connectivity index (χ2v) is 6.38. The first-order chi connectivity index (χ1) is 12.9. The minimum Gasteiger partial charge on any atom is -0.324 e. The molecule has 2 N–H and O–H groups in total. The average molecular weight is 378 g/mol. The Bertz CT molecular complexity index is 1040. The number of aromatic nitrogens is 2. The lowest BCUT2D eigenvalue weighted by Gasteiger charge is -2.11. The van der Waals surface area contributed by atoms with E-state index in [0.717, 1.165) is 11.3 Å². The molecule has 6 nitrogen and oxygen atoms in total. The Kier molecular flexibility index (Phi) is 5.34. The average Bonchev–Trinajstić information content (AvgIpc) is 2.65. The van der Waals surface area contributed by atoms with Crippen LogP contribution in [-0.4, -0.2) is 15.9 Å². The van der Waals surface area contributed by atoms with E-state index in [9.17, 15) is 4.79 Å². The summed E-state index contributed by atoms with van der Waals surface area (Å²) in [6.07, 6.45) is 0. The zero-order chi connectivity index (χ0) is 19.4. The number of carbonyl (C=O) groups is 1. The number of nitriles is 1. The van der Waals surface area contributed by atoms with Crippen molar-refractivity contribution in [2.75, 3.05) is 10.6 Å². The summed E-state index contributed by atoms with van der Waals surface area (Å²) in [6, 6.07) is 15.7. The van der Waals surface area contributed by atoms with Crippen LogP contribution in [0.4, 0.5) is 17.3 Å². The Morgan fingerprint density at radius 2 is 1.81 bits per heavy atom. The van der Waals surface area contributed by atoms with E-state index in [0.29, 0.717) is 27.9 Å². The van der Waals surface area contributed by atoms with Crippen LogP contribution in [0.2, 0.25) is 5.02 Å². The molecular formula is C20H16ClN5O. The van der Waals surface area contributed by atoms with E-state index in [1.165, 1.54) is 0 Å². The molecule has 0 unspecified atom stereocenters. The fourth-order valence-corrected chi connectivity index (χ4v) is 2.59. The van der Waals surface area contributed by atoms with Crippen LogP contribution in [0.15, 0.2) is 48.5 Å². The van der Waals surface area contributed by atoms with Gasteiger partial charge >= 0.3 is 0 Å². The van der Waals surface area contributed by atoms with Gasteiger partial charge in [0.2, 0.25) is 5.95 Å². The molecule has 7 heteroatoms. The van der Waals surface area contributed by atoms with E-state index in [-0.39, 0.29) is 11.6 Å². The molecular weight excluding hydrogens is 362 g/mol. The summed E-state index contributed by atoms with van der Waals surface area (Å²) in [5.74, 6) is -0.0542. The van der Waals surface area contributed by atoms with Crippen LogP contribution in [-0.2, 0) is 0 Å². The van der Waals surface area contributed by atoms with Crippen molar-refractivity contribution in [2.24, 2.45) is 0 Å². The Morgan fingerprint density at radius 1 is 1.07 bits per heavy atom. The van der Waals surface area contributed by atoms with Crippen LogP contribution >= 0.6 is 11.6 Å². The van der Waals surface area contributed by atoms with Gasteiger partial charge in [-0.25, -0.2) is 9.97 Å². The summed E-state index contributed by atoms with van der Waals surface area (Å²) in [5.41, 5.74) is 3.73. The summed E-state index contributed by atoms with van der Waals surface area (Å²) in [5, 5.41) is 15.3. The van der Waals surface area contributed by atoms with Crippen molar-refractivity contribution < 1.29 is 4.79 Å². The van der Waals surface area contributed by atoms with E-state index in [4.69, 9.17) is 16.9 Å². The molecule has 0 aliphatic rings. The van der Waals surface area contributed by atoms with Gasteiger partial charge in [-0.15, -0.1) is 0 Å². The van der Waals surface area contributed by atoms with Gasteiger partial charge in [0.1, 0.15) is 5.69 Å². The maximum atomic E-state index is 12.5. The zero-order valence-corrected chi connectivity index (χ0v) is 15.5. The van der Waals surface area contributed by atoms with Crippen LogP contribution in [0, 0.1) is 25.2 Å². The van der Waals surface area contributed by atoms with Crippen LogP contribution < -0.4 is 10.6 Å². The lowest BCUT2D eigenvalue weighted by Crippen LogP contribution is -2.15. The molecule has 0 saturated heterocycles. The van der Waals surface area contributed by atoms with Crippen LogP contribution in [0.1, 0.15) is 27.3 Å². The summed E-state index contributed by atoms with van der Waals surface area (Å²) in [6.45, 7) is 3.73. The van der Waals surface area contributed by atoms with Crippen LogP contribution in [0.3, 0.4) is 0 Å². The summed E-state index contributed by atoms with van der Waals surface area (Å²) < 4.78 is 0. The molecule has 27 heavy (non-hydrogen) atoms. The first kappa shape index (κ1) is 18.4. The summed E-state index contributed by atoms with van der Waals surface area (Å²) in [4.78, 5) is 21.2. The number of amides is 1. The molecule has 3 rings (SSSR count). The lowest BCUT2D eigenvalue weighted by molar-refractivity contribution is 0.102. The van der Waals surface area contributed by atoms with E-state index < -0.39 is 0 Å². The summed E-state index contributed by atoms with van der Waals surface area (Å²) in [7, 11) is 0. The normalized spacial score (nSPS) is 10.1. The van der Waals surface area contributed by atoms with E-state index in [2.05, 4.69) is 20.6 Å². The van der Waals surface area contributed by atoms with Crippen molar-refractivity contribution in [3.05, 3.63) is 76.1 Å². The van der Waals surface area contributed by atoms with Crippen molar-refractivity contribution in [1.29, 1.82) is 5.26 Å². The Morgan fingerprint density at radius 3 is 2.52 bits per heavy atom. The third kappa shape index (κ3) is 4.60. The van der Waals surface area contributed by atoms with Crippen LogP contribution in [0.25, 0.3) is 0 Å². The highest BCUT2D eigenvalue weighted by Crippen LogP contribution is 2.23. The van der Waals surface area contributed by atoms with Gasteiger partial charge in [0.25, 0.3) is 5.91 Å². The second-order valence-electron chi connectivity index (χ2n) is 5.95. The maximum absolute atomic E-state index is 12.5. The molecule has 0 fully saturated rings. The number of hydrogen-bond acceptors (Lipinski definition) is 5. The standard InChI is InChI=1S/C20H16ClN5O/c1-12-3-6-15(21)10-17(12)25-20-23-13(2)9-18(26-20)19(27)24-16-7-4-14(11-22)5-8-16/h3-10H,1-2H3,(H,24,27)(H,23,25,26). The van der Waals surface area contributed by atoms with E-state index >= 15 is 0 Å². The molecule has 0 radical (unpaired) electrons. The predicted octanol–water partition coefficient (Wildman–Crippen LogP) is 4.61. The van der Waals surface area contributed by atoms with Crippen molar-refractivity contribution in [2.45, 2.75) is 13.8 Å². The zero-order valence-electron chi connectivity index (χ0n) is 14.7. The van der Waals surface area contributed by atoms with E-state index in [1.54, 1.807) is 49.4 Å². The first-order valence-electron chi connectivity index (χ1n) is 8.15. The largest absolute Gasteiger partial charge is 0.324 e.